The molecule has 0 bridgehead atoms. The fourth-order valence-corrected chi connectivity index (χ4v) is 2.51. The molecule has 0 fully saturated rings. The van der Waals surface area contributed by atoms with Crippen LogP contribution in [0.3, 0.4) is 0 Å². The number of carbonyl (C=O) groups excluding carboxylic acids is 1. The predicted octanol–water partition coefficient (Wildman–Crippen LogP) is 4.81. The highest BCUT2D eigenvalue weighted by Gasteiger charge is 2.09. The summed E-state index contributed by atoms with van der Waals surface area (Å²) in [6.07, 6.45) is 0. The van der Waals surface area contributed by atoms with Gasteiger partial charge in [-0.05, 0) is 71.2 Å². The minimum atomic E-state index is -0.444. The van der Waals surface area contributed by atoms with E-state index in [1.54, 1.807) is 12.1 Å². The van der Waals surface area contributed by atoms with E-state index in [9.17, 15) is 4.79 Å². The Morgan fingerprint density at radius 3 is 2.48 bits per heavy atom. The largest absolute Gasteiger partial charge is 0.482 e. The normalized spacial score (nSPS) is 10.3. The summed E-state index contributed by atoms with van der Waals surface area (Å²) in [6, 6.07) is 11.1. The zero-order chi connectivity index (χ0) is 15.4. The molecule has 0 amide bonds. The molecule has 0 aromatic heterocycles. The third kappa shape index (κ3) is 4.58. The number of hydrogen-bond donors (Lipinski definition) is 0. The van der Waals surface area contributed by atoms with Crippen molar-refractivity contribution < 1.29 is 14.3 Å². The fraction of sp³-hybridized carbons (Fsp3) is 0.188. The molecule has 0 spiro atoms. The second-order valence-electron chi connectivity index (χ2n) is 4.61. The standard InChI is InChI=1S/C16H14Br2O3/c1-10-3-6-15(14(18)7-10)21-16(19)9-20-12-4-5-13(17)11(2)8-12/h3-8H,9H2,1-2H3. The summed E-state index contributed by atoms with van der Waals surface area (Å²) in [5.41, 5.74) is 2.13. The SMILES string of the molecule is Cc1ccc(OC(=O)COc2ccc(Br)c(C)c2)c(Br)c1. The Bertz CT molecular complexity index is 669. The summed E-state index contributed by atoms with van der Waals surface area (Å²) in [4.78, 5) is 11.8. The summed E-state index contributed by atoms with van der Waals surface area (Å²) in [5.74, 6) is 0.678. The van der Waals surface area contributed by atoms with Crippen molar-refractivity contribution in [1.29, 1.82) is 0 Å². The number of rotatable bonds is 4. The van der Waals surface area contributed by atoms with Crippen LogP contribution in [-0.2, 0) is 4.79 Å². The topological polar surface area (TPSA) is 35.5 Å². The maximum Gasteiger partial charge on any atom is 0.349 e. The van der Waals surface area contributed by atoms with Crippen LogP contribution in [-0.4, -0.2) is 12.6 Å². The molecule has 0 aliphatic heterocycles. The van der Waals surface area contributed by atoms with Gasteiger partial charge in [0, 0.05) is 4.47 Å². The Hall–Kier alpha value is -1.33. The molecule has 0 heterocycles. The van der Waals surface area contributed by atoms with E-state index in [2.05, 4.69) is 31.9 Å². The lowest BCUT2D eigenvalue weighted by molar-refractivity contribution is -0.136. The molecule has 5 heteroatoms. The van der Waals surface area contributed by atoms with Crippen molar-refractivity contribution in [2.75, 3.05) is 6.61 Å². The molecule has 0 atom stereocenters. The third-order valence-electron chi connectivity index (χ3n) is 2.80. The van der Waals surface area contributed by atoms with E-state index in [0.29, 0.717) is 11.5 Å². The Labute approximate surface area is 140 Å². The van der Waals surface area contributed by atoms with Crippen LogP contribution in [0.15, 0.2) is 45.3 Å². The third-order valence-corrected chi connectivity index (χ3v) is 4.31. The first-order chi connectivity index (χ1) is 9.95. The van der Waals surface area contributed by atoms with Crippen molar-refractivity contribution in [3.63, 3.8) is 0 Å². The van der Waals surface area contributed by atoms with Gasteiger partial charge < -0.3 is 9.47 Å². The molecular formula is C16H14Br2O3. The van der Waals surface area contributed by atoms with Crippen molar-refractivity contribution in [1.82, 2.24) is 0 Å². The molecule has 0 radical (unpaired) electrons. The molecule has 3 nitrogen and oxygen atoms in total. The van der Waals surface area contributed by atoms with Crippen LogP contribution >= 0.6 is 31.9 Å². The minimum Gasteiger partial charge on any atom is -0.482 e. The van der Waals surface area contributed by atoms with Crippen LogP contribution in [0.25, 0.3) is 0 Å². The number of hydrogen-bond acceptors (Lipinski definition) is 3. The van der Waals surface area contributed by atoms with Crippen molar-refractivity contribution in [3.8, 4) is 11.5 Å². The monoisotopic (exact) mass is 412 g/mol. The molecule has 21 heavy (non-hydrogen) atoms. The second kappa shape index (κ2) is 7.09. The zero-order valence-corrected chi connectivity index (χ0v) is 14.8. The first-order valence-electron chi connectivity index (χ1n) is 6.31. The van der Waals surface area contributed by atoms with Gasteiger partial charge in [-0.25, -0.2) is 4.79 Å². The number of carbonyl (C=O) groups is 1. The average molecular weight is 414 g/mol. The van der Waals surface area contributed by atoms with Gasteiger partial charge in [0.15, 0.2) is 6.61 Å². The zero-order valence-electron chi connectivity index (χ0n) is 11.7. The van der Waals surface area contributed by atoms with Crippen LogP contribution in [0, 0.1) is 13.8 Å². The Morgan fingerprint density at radius 1 is 1.05 bits per heavy atom. The fourth-order valence-electron chi connectivity index (χ4n) is 1.69. The van der Waals surface area contributed by atoms with Crippen LogP contribution in [0.1, 0.15) is 11.1 Å². The summed E-state index contributed by atoms with van der Waals surface area (Å²) < 4.78 is 12.4. The Morgan fingerprint density at radius 2 is 1.81 bits per heavy atom. The highest BCUT2D eigenvalue weighted by molar-refractivity contribution is 9.10. The second-order valence-corrected chi connectivity index (χ2v) is 6.32. The lowest BCUT2D eigenvalue weighted by atomic mass is 10.2. The first-order valence-corrected chi connectivity index (χ1v) is 7.90. The summed E-state index contributed by atoms with van der Waals surface area (Å²) in [5, 5.41) is 0. The summed E-state index contributed by atoms with van der Waals surface area (Å²) in [7, 11) is 0. The molecule has 110 valence electrons. The molecule has 0 saturated heterocycles. The van der Waals surface area contributed by atoms with Gasteiger partial charge in [0.2, 0.25) is 0 Å². The Kier molecular flexibility index (Phi) is 5.42. The van der Waals surface area contributed by atoms with E-state index < -0.39 is 5.97 Å². The van der Waals surface area contributed by atoms with Gasteiger partial charge in [-0.15, -0.1) is 0 Å². The van der Waals surface area contributed by atoms with Gasteiger partial charge in [-0.3, -0.25) is 0 Å². The van der Waals surface area contributed by atoms with Crippen LogP contribution in [0.4, 0.5) is 0 Å². The Balaban J connectivity index is 1.94. The molecule has 0 saturated carbocycles. The molecule has 0 aliphatic carbocycles. The average Bonchev–Trinajstić information content (AvgIpc) is 2.43. The highest BCUT2D eigenvalue weighted by atomic mass is 79.9. The van der Waals surface area contributed by atoms with E-state index >= 15 is 0 Å². The van der Waals surface area contributed by atoms with Crippen molar-refractivity contribution in [3.05, 3.63) is 56.5 Å². The summed E-state index contributed by atoms with van der Waals surface area (Å²) >= 11 is 6.78. The van der Waals surface area contributed by atoms with Crippen LogP contribution < -0.4 is 9.47 Å². The van der Waals surface area contributed by atoms with Crippen molar-refractivity contribution in [2.45, 2.75) is 13.8 Å². The smallest absolute Gasteiger partial charge is 0.349 e. The minimum absolute atomic E-state index is 0.138. The number of esters is 1. The van der Waals surface area contributed by atoms with E-state index in [1.807, 2.05) is 38.1 Å². The molecule has 2 aromatic carbocycles. The lowest BCUT2D eigenvalue weighted by Crippen LogP contribution is -2.18. The molecule has 2 rings (SSSR count). The molecule has 0 aliphatic rings. The van der Waals surface area contributed by atoms with Gasteiger partial charge in [0.05, 0.1) is 4.47 Å². The van der Waals surface area contributed by atoms with E-state index in [0.717, 1.165) is 20.1 Å². The van der Waals surface area contributed by atoms with Gasteiger partial charge >= 0.3 is 5.97 Å². The van der Waals surface area contributed by atoms with Gasteiger partial charge in [-0.1, -0.05) is 22.0 Å². The quantitative estimate of drug-likeness (QED) is 0.532. The van der Waals surface area contributed by atoms with Gasteiger partial charge in [0.1, 0.15) is 11.5 Å². The molecule has 2 aromatic rings. The van der Waals surface area contributed by atoms with Crippen molar-refractivity contribution in [2.24, 2.45) is 0 Å². The van der Waals surface area contributed by atoms with Crippen molar-refractivity contribution >= 4 is 37.8 Å². The first kappa shape index (κ1) is 16.0. The highest BCUT2D eigenvalue weighted by Crippen LogP contribution is 2.26. The maximum absolute atomic E-state index is 11.8. The van der Waals surface area contributed by atoms with Crippen LogP contribution in [0.2, 0.25) is 0 Å². The summed E-state index contributed by atoms with van der Waals surface area (Å²) in [6.45, 7) is 3.79. The van der Waals surface area contributed by atoms with Gasteiger partial charge in [-0.2, -0.15) is 0 Å². The number of benzene rings is 2. The lowest BCUT2D eigenvalue weighted by Gasteiger charge is -2.09. The van der Waals surface area contributed by atoms with Crippen LogP contribution in [0.5, 0.6) is 11.5 Å². The predicted molar refractivity (Wildman–Crippen MR) is 88.9 cm³/mol. The van der Waals surface area contributed by atoms with E-state index in [1.165, 1.54) is 0 Å². The van der Waals surface area contributed by atoms with E-state index in [4.69, 9.17) is 9.47 Å². The molecular weight excluding hydrogens is 400 g/mol. The maximum atomic E-state index is 11.8. The van der Waals surface area contributed by atoms with E-state index in [-0.39, 0.29) is 6.61 Å². The molecule has 0 unspecified atom stereocenters. The van der Waals surface area contributed by atoms with Gasteiger partial charge in [0.25, 0.3) is 0 Å². The number of aryl methyl sites for hydroxylation is 2. The number of halogens is 2. The number of ether oxygens (including phenoxy) is 2. The molecule has 0 N–H and O–H groups in total.